The minimum atomic E-state index is -0.0816. The normalized spacial score (nSPS) is 16.5. The molecule has 0 radical (unpaired) electrons. The Morgan fingerprint density at radius 3 is 2.80 bits per heavy atom. The molecule has 2 aromatic heterocycles. The summed E-state index contributed by atoms with van der Waals surface area (Å²) < 4.78 is 2.09. The Morgan fingerprint density at radius 2 is 2.05 bits per heavy atom. The van der Waals surface area contributed by atoms with Crippen LogP contribution < -0.4 is 5.73 Å². The third-order valence-corrected chi connectivity index (χ3v) is 4.06. The molecular weight excluding hydrogens is 248 g/mol. The molecule has 0 spiro atoms. The van der Waals surface area contributed by atoms with E-state index in [1.54, 1.807) is 6.20 Å². The summed E-state index contributed by atoms with van der Waals surface area (Å²) in [6.07, 6.45) is 6.01. The van der Waals surface area contributed by atoms with Crippen LogP contribution in [0.1, 0.15) is 24.2 Å². The van der Waals surface area contributed by atoms with Crippen molar-refractivity contribution in [2.75, 3.05) is 0 Å². The molecule has 20 heavy (non-hydrogen) atoms. The second kappa shape index (κ2) is 3.90. The Kier molecular flexibility index (Phi) is 2.26. The molecule has 1 aromatic carbocycles. The Balaban J connectivity index is 1.86. The standard InChI is InChI=1S/C16H16N4/c1-11-18-8-4-15(19-11)20-9-5-12-10-13(2-3-14(12)20)16(17)6-7-16/h2-5,8-10H,6-7,17H2,1H3. The van der Waals surface area contributed by atoms with E-state index in [0.717, 1.165) is 30.0 Å². The summed E-state index contributed by atoms with van der Waals surface area (Å²) in [6.45, 7) is 1.90. The lowest BCUT2D eigenvalue weighted by Crippen LogP contribution is -2.18. The molecule has 4 rings (SSSR count). The molecule has 2 N–H and O–H groups in total. The highest BCUT2D eigenvalue weighted by Crippen LogP contribution is 2.43. The molecule has 0 saturated heterocycles. The van der Waals surface area contributed by atoms with Gasteiger partial charge in [-0.25, -0.2) is 9.97 Å². The highest BCUT2D eigenvalue weighted by molar-refractivity contribution is 5.82. The maximum Gasteiger partial charge on any atom is 0.140 e. The van der Waals surface area contributed by atoms with E-state index in [0.29, 0.717) is 0 Å². The monoisotopic (exact) mass is 264 g/mol. The molecule has 2 heterocycles. The van der Waals surface area contributed by atoms with Gasteiger partial charge >= 0.3 is 0 Å². The molecule has 1 fully saturated rings. The lowest BCUT2D eigenvalue weighted by Gasteiger charge is -2.10. The van der Waals surface area contributed by atoms with Crippen LogP contribution in [-0.2, 0) is 5.54 Å². The molecule has 0 unspecified atom stereocenters. The minimum absolute atomic E-state index is 0.0816. The molecule has 0 aliphatic heterocycles. The number of aryl methyl sites for hydroxylation is 1. The summed E-state index contributed by atoms with van der Waals surface area (Å²) in [5.41, 5.74) is 8.57. The average Bonchev–Trinajstić information content (AvgIpc) is 3.06. The molecule has 3 aromatic rings. The van der Waals surface area contributed by atoms with E-state index >= 15 is 0 Å². The lowest BCUT2D eigenvalue weighted by molar-refractivity contribution is 0.741. The molecule has 1 aliphatic carbocycles. The number of nitrogens with zero attached hydrogens (tertiary/aromatic N) is 3. The highest BCUT2D eigenvalue weighted by atomic mass is 15.1. The molecule has 0 atom stereocenters. The first-order valence-corrected chi connectivity index (χ1v) is 6.86. The van der Waals surface area contributed by atoms with Gasteiger partial charge in [-0.05, 0) is 49.6 Å². The fourth-order valence-corrected chi connectivity index (χ4v) is 2.65. The molecule has 0 bridgehead atoms. The van der Waals surface area contributed by atoms with Gasteiger partial charge in [-0.2, -0.15) is 0 Å². The molecule has 4 heteroatoms. The van der Waals surface area contributed by atoms with Gasteiger partial charge in [0.05, 0.1) is 5.52 Å². The van der Waals surface area contributed by atoms with E-state index in [4.69, 9.17) is 5.73 Å². The summed E-state index contributed by atoms with van der Waals surface area (Å²) in [4.78, 5) is 8.62. The van der Waals surface area contributed by atoms with Crippen molar-refractivity contribution in [3.8, 4) is 5.82 Å². The predicted molar refractivity (Wildman–Crippen MR) is 78.7 cm³/mol. The van der Waals surface area contributed by atoms with Crippen LogP contribution in [0.25, 0.3) is 16.7 Å². The topological polar surface area (TPSA) is 56.7 Å². The smallest absolute Gasteiger partial charge is 0.140 e. The molecule has 0 amide bonds. The van der Waals surface area contributed by atoms with Crippen LogP contribution in [-0.4, -0.2) is 14.5 Å². The Bertz CT molecular complexity index is 799. The van der Waals surface area contributed by atoms with Gasteiger partial charge in [0.1, 0.15) is 11.6 Å². The van der Waals surface area contributed by atoms with Crippen molar-refractivity contribution >= 4 is 10.9 Å². The van der Waals surface area contributed by atoms with Crippen molar-refractivity contribution in [3.05, 3.63) is 54.1 Å². The van der Waals surface area contributed by atoms with E-state index in [2.05, 4.69) is 38.8 Å². The van der Waals surface area contributed by atoms with Crippen molar-refractivity contribution in [3.63, 3.8) is 0 Å². The van der Waals surface area contributed by atoms with Gasteiger partial charge < -0.3 is 10.3 Å². The summed E-state index contributed by atoms with van der Waals surface area (Å²) in [5, 5.41) is 1.20. The fraction of sp³-hybridized carbons (Fsp3) is 0.250. The largest absolute Gasteiger partial charge is 0.321 e. The van der Waals surface area contributed by atoms with Crippen LogP contribution in [0.5, 0.6) is 0 Å². The van der Waals surface area contributed by atoms with Crippen LogP contribution in [0.15, 0.2) is 42.7 Å². The van der Waals surface area contributed by atoms with Crippen LogP contribution in [0.2, 0.25) is 0 Å². The van der Waals surface area contributed by atoms with Crippen LogP contribution in [0.4, 0.5) is 0 Å². The third-order valence-electron chi connectivity index (χ3n) is 4.06. The van der Waals surface area contributed by atoms with E-state index < -0.39 is 0 Å². The predicted octanol–water partition coefficient (Wildman–Crippen LogP) is 2.68. The maximum absolute atomic E-state index is 6.27. The Morgan fingerprint density at radius 1 is 1.20 bits per heavy atom. The van der Waals surface area contributed by atoms with Crippen LogP contribution >= 0.6 is 0 Å². The number of nitrogens with two attached hydrogens (primary N) is 1. The van der Waals surface area contributed by atoms with Crippen LogP contribution in [0, 0.1) is 6.92 Å². The van der Waals surface area contributed by atoms with Gasteiger partial charge in [0.15, 0.2) is 0 Å². The van der Waals surface area contributed by atoms with E-state index in [9.17, 15) is 0 Å². The quantitative estimate of drug-likeness (QED) is 0.774. The number of aromatic nitrogens is 3. The van der Waals surface area contributed by atoms with Gasteiger partial charge in [0.25, 0.3) is 0 Å². The zero-order chi connectivity index (χ0) is 13.7. The second-order valence-electron chi connectivity index (χ2n) is 5.58. The molecule has 1 saturated carbocycles. The highest BCUT2D eigenvalue weighted by Gasteiger charge is 2.39. The Hall–Kier alpha value is -2.20. The van der Waals surface area contributed by atoms with Crippen molar-refractivity contribution < 1.29 is 0 Å². The summed E-state index contributed by atoms with van der Waals surface area (Å²) in [6, 6.07) is 10.5. The SMILES string of the molecule is Cc1nccc(-n2ccc3cc(C4(N)CC4)ccc32)n1. The van der Waals surface area contributed by atoms with Crippen molar-refractivity contribution in [2.45, 2.75) is 25.3 Å². The number of benzene rings is 1. The van der Waals surface area contributed by atoms with Gasteiger partial charge in [0, 0.05) is 23.3 Å². The van der Waals surface area contributed by atoms with Gasteiger partial charge in [-0.15, -0.1) is 0 Å². The van der Waals surface area contributed by atoms with E-state index in [1.165, 1.54) is 10.9 Å². The van der Waals surface area contributed by atoms with Crippen molar-refractivity contribution in [1.29, 1.82) is 0 Å². The number of hydrogen-bond acceptors (Lipinski definition) is 3. The molecular formula is C16H16N4. The number of hydrogen-bond donors (Lipinski definition) is 1. The zero-order valence-corrected chi connectivity index (χ0v) is 11.4. The van der Waals surface area contributed by atoms with Crippen molar-refractivity contribution in [1.82, 2.24) is 14.5 Å². The lowest BCUT2D eigenvalue weighted by atomic mass is 10.0. The molecule has 4 nitrogen and oxygen atoms in total. The first-order valence-electron chi connectivity index (χ1n) is 6.86. The Labute approximate surface area is 117 Å². The summed E-state index contributed by atoms with van der Waals surface area (Å²) in [7, 11) is 0. The minimum Gasteiger partial charge on any atom is -0.321 e. The zero-order valence-electron chi connectivity index (χ0n) is 11.4. The summed E-state index contributed by atoms with van der Waals surface area (Å²) in [5.74, 6) is 1.67. The fourth-order valence-electron chi connectivity index (χ4n) is 2.65. The number of rotatable bonds is 2. The van der Waals surface area contributed by atoms with E-state index in [1.807, 2.05) is 19.2 Å². The number of fused-ring (bicyclic) bond motifs is 1. The first-order chi connectivity index (χ1) is 9.66. The molecule has 1 aliphatic rings. The average molecular weight is 264 g/mol. The third kappa shape index (κ3) is 1.72. The van der Waals surface area contributed by atoms with E-state index in [-0.39, 0.29) is 5.54 Å². The maximum atomic E-state index is 6.27. The van der Waals surface area contributed by atoms with Crippen LogP contribution in [0.3, 0.4) is 0 Å². The van der Waals surface area contributed by atoms with Gasteiger partial charge in [-0.3, -0.25) is 0 Å². The van der Waals surface area contributed by atoms with Gasteiger partial charge in [-0.1, -0.05) is 6.07 Å². The summed E-state index contributed by atoms with van der Waals surface area (Å²) >= 11 is 0. The first kappa shape index (κ1) is 11.6. The molecule has 100 valence electrons. The van der Waals surface area contributed by atoms with Gasteiger partial charge in [0.2, 0.25) is 0 Å². The van der Waals surface area contributed by atoms with Crippen molar-refractivity contribution in [2.24, 2.45) is 5.73 Å². The second-order valence-corrected chi connectivity index (χ2v) is 5.58.